The van der Waals surface area contributed by atoms with Crippen molar-refractivity contribution in [2.24, 2.45) is 0 Å². The molecule has 0 spiro atoms. The zero-order valence-corrected chi connectivity index (χ0v) is 7.54. The minimum atomic E-state index is -1.07. The van der Waals surface area contributed by atoms with Crippen LogP contribution in [-0.4, -0.2) is 15.3 Å². The van der Waals surface area contributed by atoms with Gasteiger partial charge in [0.25, 0.3) is 0 Å². The minimum Gasteiger partial charge on any atom is -0.158 e. The SMILES string of the molecule is CCSCC(Cl)(Cl)Cl. The third-order valence-electron chi connectivity index (χ3n) is 0.470. The van der Waals surface area contributed by atoms with Crippen LogP contribution in [0.25, 0.3) is 0 Å². The molecule has 0 atom stereocenters. The Kier molecular flexibility index (Phi) is 4.73. The van der Waals surface area contributed by atoms with Gasteiger partial charge in [-0.05, 0) is 5.75 Å². The third-order valence-corrected chi connectivity index (χ3v) is 2.39. The van der Waals surface area contributed by atoms with Crippen molar-refractivity contribution in [3.63, 3.8) is 0 Å². The summed E-state index contributed by atoms with van der Waals surface area (Å²) in [7, 11) is 0. The molecule has 0 aromatic rings. The van der Waals surface area contributed by atoms with E-state index in [1.54, 1.807) is 11.8 Å². The molecule has 0 heterocycles. The average Bonchev–Trinajstić information content (AvgIpc) is 1.59. The Labute approximate surface area is 68.9 Å². The zero-order chi connectivity index (χ0) is 6.62. The lowest BCUT2D eigenvalue weighted by molar-refractivity contribution is 1.28. The van der Waals surface area contributed by atoms with Crippen molar-refractivity contribution >= 4 is 46.6 Å². The Bertz CT molecular complexity index is 58.8. The lowest BCUT2D eigenvalue weighted by Gasteiger charge is -2.07. The molecule has 0 saturated carbocycles. The highest BCUT2D eigenvalue weighted by atomic mass is 35.6. The number of rotatable bonds is 2. The molecular weight excluding hydrogens is 186 g/mol. The second-order valence-electron chi connectivity index (χ2n) is 1.25. The van der Waals surface area contributed by atoms with Crippen molar-refractivity contribution in [1.29, 1.82) is 0 Å². The van der Waals surface area contributed by atoms with Gasteiger partial charge in [-0.3, -0.25) is 0 Å². The molecule has 0 amide bonds. The van der Waals surface area contributed by atoms with Crippen LogP contribution in [0.1, 0.15) is 6.92 Å². The summed E-state index contributed by atoms with van der Waals surface area (Å²) in [5.74, 6) is 1.57. The van der Waals surface area contributed by atoms with E-state index in [2.05, 4.69) is 0 Å². The molecule has 0 unspecified atom stereocenters. The van der Waals surface area contributed by atoms with Crippen LogP contribution in [0.5, 0.6) is 0 Å². The average molecular weight is 194 g/mol. The van der Waals surface area contributed by atoms with Crippen LogP contribution in [-0.2, 0) is 0 Å². The maximum atomic E-state index is 5.42. The Morgan fingerprint density at radius 1 is 1.38 bits per heavy atom. The van der Waals surface area contributed by atoms with Gasteiger partial charge in [-0.1, -0.05) is 41.7 Å². The molecule has 0 N–H and O–H groups in total. The fraction of sp³-hybridized carbons (Fsp3) is 1.00. The third kappa shape index (κ3) is 7.22. The summed E-state index contributed by atoms with van der Waals surface area (Å²) >= 11 is 17.9. The quantitative estimate of drug-likeness (QED) is 0.607. The molecular formula is C4H7Cl3S. The van der Waals surface area contributed by atoms with Crippen LogP contribution in [0.4, 0.5) is 0 Å². The van der Waals surface area contributed by atoms with Crippen molar-refractivity contribution in [2.75, 3.05) is 11.5 Å². The van der Waals surface area contributed by atoms with Gasteiger partial charge < -0.3 is 0 Å². The summed E-state index contributed by atoms with van der Waals surface area (Å²) in [5, 5.41) is 0. The second kappa shape index (κ2) is 4.10. The first-order valence-electron chi connectivity index (χ1n) is 2.20. The highest BCUT2D eigenvalue weighted by molar-refractivity contribution is 7.99. The highest BCUT2D eigenvalue weighted by Gasteiger charge is 2.17. The molecule has 0 radical (unpaired) electrons. The molecule has 0 aromatic carbocycles. The summed E-state index contributed by atoms with van der Waals surface area (Å²) in [6, 6.07) is 0. The van der Waals surface area contributed by atoms with Crippen molar-refractivity contribution in [1.82, 2.24) is 0 Å². The van der Waals surface area contributed by atoms with Gasteiger partial charge in [0.2, 0.25) is 0 Å². The predicted molar refractivity (Wildman–Crippen MR) is 43.3 cm³/mol. The summed E-state index contributed by atoms with van der Waals surface area (Å²) in [6.45, 7) is 2.03. The van der Waals surface area contributed by atoms with E-state index in [9.17, 15) is 0 Å². The Morgan fingerprint density at radius 2 is 1.88 bits per heavy atom. The fourth-order valence-electron chi connectivity index (χ4n) is 0.218. The van der Waals surface area contributed by atoms with E-state index in [-0.39, 0.29) is 0 Å². The number of hydrogen-bond acceptors (Lipinski definition) is 1. The zero-order valence-electron chi connectivity index (χ0n) is 4.46. The molecule has 0 nitrogen and oxygen atoms in total. The smallest absolute Gasteiger partial charge is 0.158 e. The highest BCUT2D eigenvalue weighted by Crippen LogP contribution is 2.29. The molecule has 8 heavy (non-hydrogen) atoms. The van der Waals surface area contributed by atoms with Gasteiger partial charge in [-0.2, -0.15) is 11.8 Å². The van der Waals surface area contributed by atoms with E-state index in [1.807, 2.05) is 6.92 Å². The maximum absolute atomic E-state index is 5.42. The standard InChI is InChI=1S/C4H7Cl3S/c1-2-8-3-4(5,6)7/h2-3H2,1H3. The van der Waals surface area contributed by atoms with E-state index < -0.39 is 3.79 Å². The number of thioether (sulfide) groups is 1. The van der Waals surface area contributed by atoms with E-state index in [4.69, 9.17) is 34.8 Å². The largest absolute Gasteiger partial charge is 0.199 e. The van der Waals surface area contributed by atoms with Gasteiger partial charge in [-0.25, -0.2) is 0 Å². The first-order valence-corrected chi connectivity index (χ1v) is 4.49. The number of alkyl halides is 3. The van der Waals surface area contributed by atoms with Gasteiger partial charge in [0.05, 0.1) is 0 Å². The van der Waals surface area contributed by atoms with Gasteiger partial charge in [0.1, 0.15) is 0 Å². The maximum Gasteiger partial charge on any atom is 0.199 e. The predicted octanol–water partition coefficient (Wildman–Crippen LogP) is 3.11. The fourth-order valence-corrected chi connectivity index (χ4v) is 1.35. The van der Waals surface area contributed by atoms with Gasteiger partial charge in [0, 0.05) is 5.75 Å². The first-order chi connectivity index (χ1) is 3.56. The van der Waals surface area contributed by atoms with Gasteiger partial charge in [-0.15, -0.1) is 0 Å². The van der Waals surface area contributed by atoms with Crippen LogP contribution in [0.2, 0.25) is 0 Å². The molecule has 0 aliphatic carbocycles. The summed E-state index contributed by atoms with van der Waals surface area (Å²) < 4.78 is -1.07. The van der Waals surface area contributed by atoms with E-state index >= 15 is 0 Å². The van der Waals surface area contributed by atoms with Crippen molar-refractivity contribution < 1.29 is 0 Å². The molecule has 0 bridgehead atoms. The Hall–Kier alpha value is 1.22. The second-order valence-corrected chi connectivity index (χ2v) is 5.04. The number of hydrogen-bond donors (Lipinski definition) is 0. The van der Waals surface area contributed by atoms with Crippen LogP contribution in [0.3, 0.4) is 0 Å². The van der Waals surface area contributed by atoms with Crippen molar-refractivity contribution in [3.8, 4) is 0 Å². The Balaban J connectivity index is 3.11. The van der Waals surface area contributed by atoms with Gasteiger partial charge in [0.15, 0.2) is 3.79 Å². The molecule has 0 rings (SSSR count). The van der Waals surface area contributed by atoms with E-state index in [1.165, 1.54) is 0 Å². The molecule has 0 aliphatic heterocycles. The Morgan fingerprint density at radius 3 is 2.00 bits per heavy atom. The molecule has 0 saturated heterocycles. The summed E-state index contributed by atoms with van der Waals surface area (Å²) in [4.78, 5) is 0. The summed E-state index contributed by atoms with van der Waals surface area (Å²) in [6.07, 6.45) is 0. The lowest BCUT2D eigenvalue weighted by Crippen LogP contribution is -2.05. The molecule has 0 aliphatic rings. The monoisotopic (exact) mass is 192 g/mol. The van der Waals surface area contributed by atoms with E-state index in [0.29, 0.717) is 5.75 Å². The van der Waals surface area contributed by atoms with Crippen LogP contribution < -0.4 is 0 Å². The number of halogens is 3. The normalized spacial score (nSPS) is 12.0. The van der Waals surface area contributed by atoms with E-state index in [0.717, 1.165) is 5.75 Å². The van der Waals surface area contributed by atoms with Crippen LogP contribution in [0, 0.1) is 0 Å². The molecule has 0 fully saturated rings. The van der Waals surface area contributed by atoms with Gasteiger partial charge >= 0.3 is 0 Å². The molecule has 50 valence electrons. The van der Waals surface area contributed by atoms with Crippen molar-refractivity contribution in [3.05, 3.63) is 0 Å². The minimum absolute atomic E-state index is 0.578. The van der Waals surface area contributed by atoms with Crippen molar-refractivity contribution in [2.45, 2.75) is 10.7 Å². The summed E-state index contributed by atoms with van der Waals surface area (Å²) in [5.41, 5.74) is 0. The molecule has 0 aromatic heterocycles. The van der Waals surface area contributed by atoms with Crippen LogP contribution >= 0.6 is 46.6 Å². The first kappa shape index (κ1) is 9.22. The topological polar surface area (TPSA) is 0 Å². The van der Waals surface area contributed by atoms with Crippen LogP contribution in [0.15, 0.2) is 0 Å². The lowest BCUT2D eigenvalue weighted by atomic mass is 10.9. The molecule has 4 heteroatoms.